The van der Waals surface area contributed by atoms with Crippen molar-refractivity contribution in [1.82, 2.24) is 20.5 Å². The minimum Gasteiger partial charge on any atom is -0.376 e. The molecule has 0 spiro atoms. The second kappa shape index (κ2) is 12.2. The third-order valence-electron chi connectivity index (χ3n) is 7.18. The highest BCUT2D eigenvalue weighted by Crippen LogP contribution is 2.31. The van der Waals surface area contributed by atoms with Crippen LogP contribution < -0.4 is 27.1 Å². The third-order valence-corrected chi connectivity index (χ3v) is 7.51. The summed E-state index contributed by atoms with van der Waals surface area (Å²) in [7, 11) is 4.12. The van der Waals surface area contributed by atoms with Gasteiger partial charge in [0.25, 0.3) is 0 Å². The van der Waals surface area contributed by atoms with E-state index in [0.717, 1.165) is 43.8 Å². The molecule has 2 fully saturated rings. The van der Waals surface area contributed by atoms with Crippen molar-refractivity contribution in [3.05, 3.63) is 11.2 Å². The summed E-state index contributed by atoms with van der Waals surface area (Å²) in [6.07, 6.45) is 6.42. The topological polar surface area (TPSA) is 113 Å². The fourth-order valence-corrected chi connectivity index (χ4v) is 5.74. The molecule has 1 amide bonds. The second-order valence-corrected chi connectivity index (χ2v) is 10.6. The number of carbonyl (C=O) groups is 1. The Hall–Kier alpha value is -0.940. The maximum Gasteiger partial charge on any atom is 0.242 e. The number of nitrogens with two attached hydrogens (primary N) is 2. The lowest BCUT2D eigenvalue weighted by molar-refractivity contribution is -0.859. The quantitative estimate of drug-likeness (QED) is 0.134. The monoisotopic (exact) mass is 486 g/mol. The predicted molar refractivity (Wildman–Crippen MR) is 131 cm³/mol. The van der Waals surface area contributed by atoms with Crippen molar-refractivity contribution in [3.63, 3.8) is 0 Å². The van der Waals surface area contributed by atoms with Crippen molar-refractivity contribution in [2.45, 2.75) is 76.5 Å². The van der Waals surface area contributed by atoms with Crippen molar-refractivity contribution in [1.29, 1.82) is 0 Å². The Bertz CT molecular complexity index is 677. The minimum atomic E-state index is -0.747. The summed E-state index contributed by atoms with van der Waals surface area (Å²) in [5.41, 5.74) is 12.3. The minimum absolute atomic E-state index is 0.00479. The molecule has 9 nitrogen and oxygen atoms in total. The predicted octanol–water partition coefficient (Wildman–Crippen LogP) is -0.609. The smallest absolute Gasteiger partial charge is 0.242 e. The summed E-state index contributed by atoms with van der Waals surface area (Å²) in [5, 5.41) is 10.7. The van der Waals surface area contributed by atoms with E-state index in [2.05, 4.69) is 48.5 Å². The first-order valence-electron chi connectivity index (χ1n) is 12.6. The van der Waals surface area contributed by atoms with Crippen LogP contribution in [0.25, 0.3) is 0 Å². The van der Waals surface area contributed by atoms with E-state index in [1.807, 2.05) is 6.20 Å². The van der Waals surface area contributed by atoms with E-state index in [0.29, 0.717) is 19.1 Å². The largest absolute Gasteiger partial charge is 0.376 e. The number of unbranched alkanes of at least 4 members (excludes halogenated alkanes) is 1. The SMILES string of the molecule is CCCCC(C)C1C(Cl)=CN2C(C(C(=O)NC3CNCCC3OCCCN(C)C)C(N)N)[NH+]12. The molecule has 0 saturated carbocycles. The first-order chi connectivity index (χ1) is 15.8. The van der Waals surface area contributed by atoms with Gasteiger partial charge >= 0.3 is 0 Å². The molecule has 33 heavy (non-hydrogen) atoms. The van der Waals surface area contributed by atoms with E-state index in [1.165, 1.54) is 11.4 Å². The molecular weight excluding hydrogens is 442 g/mol. The number of nitrogens with zero attached hydrogens (tertiary/aromatic N) is 2. The van der Waals surface area contributed by atoms with Crippen molar-refractivity contribution in [3.8, 4) is 0 Å². The van der Waals surface area contributed by atoms with Crippen molar-refractivity contribution >= 4 is 17.5 Å². The summed E-state index contributed by atoms with van der Waals surface area (Å²) < 4.78 is 6.15. The van der Waals surface area contributed by atoms with E-state index >= 15 is 0 Å². The Balaban J connectivity index is 1.60. The Kier molecular flexibility index (Phi) is 9.82. The van der Waals surface area contributed by atoms with Gasteiger partial charge < -0.3 is 31.7 Å². The maximum atomic E-state index is 13.4. The molecule has 7 atom stereocenters. The molecule has 7 unspecified atom stereocenters. The maximum absolute atomic E-state index is 13.4. The summed E-state index contributed by atoms with van der Waals surface area (Å²) in [4.78, 5) is 15.6. The van der Waals surface area contributed by atoms with Gasteiger partial charge in [0.15, 0.2) is 6.04 Å². The van der Waals surface area contributed by atoms with Gasteiger partial charge in [0.05, 0.1) is 29.5 Å². The van der Waals surface area contributed by atoms with E-state index in [9.17, 15) is 4.79 Å². The number of halogens is 1. The van der Waals surface area contributed by atoms with Crippen molar-refractivity contribution < 1.29 is 14.5 Å². The molecule has 190 valence electrons. The van der Waals surface area contributed by atoms with Crippen LogP contribution in [-0.4, -0.2) is 86.7 Å². The Morgan fingerprint density at radius 2 is 2.18 bits per heavy atom. The number of quaternary nitrogens is 1. The summed E-state index contributed by atoms with van der Waals surface area (Å²) in [6, 6.07) is 0.0743. The van der Waals surface area contributed by atoms with Crippen LogP contribution in [0.2, 0.25) is 0 Å². The highest BCUT2D eigenvalue weighted by Gasteiger charge is 2.66. The molecule has 7 N–H and O–H groups in total. The lowest BCUT2D eigenvalue weighted by Gasteiger charge is -2.34. The molecular formula is C23H45ClN7O2+. The number of carbonyl (C=O) groups excluding carboxylic acids is 1. The van der Waals surface area contributed by atoms with Gasteiger partial charge in [-0.25, -0.2) is 0 Å². The van der Waals surface area contributed by atoms with E-state index < -0.39 is 12.1 Å². The van der Waals surface area contributed by atoms with Crippen LogP contribution in [0, 0.1) is 11.8 Å². The van der Waals surface area contributed by atoms with Crippen molar-refractivity contribution in [2.24, 2.45) is 23.3 Å². The zero-order chi connectivity index (χ0) is 24.1. The van der Waals surface area contributed by atoms with Crippen LogP contribution in [0.3, 0.4) is 0 Å². The number of ether oxygens (including phenoxy) is 1. The lowest BCUT2D eigenvalue weighted by Crippen LogP contribution is -3.02. The summed E-state index contributed by atoms with van der Waals surface area (Å²) >= 11 is 6.57. The summed E-state index contributed by atoms with van der Waals surface area (Å²) in [5.74, 6) is -0.186. The molecule has 3 aliphatic heterocycles. The Labute approximate surface area is 204 Å². The number of rotatable bonds is 13. The third kappa shape index (κ3) is 6.60. The van der Waals surface area contributed by atoms with Gasteiger partial charge in [-0.05, 0) is 46.4 Å². The van der Waals surface area contributed by atoms with E-state index in [-0.39, 0.29) is 30.3 Å². The van der Waals surface area contributed by atoms with Crippen LogP contribution >= 0.6 is 11.6 Å². The number of piperidine rings is 1. The van der Waals surface area contributed by atoms with Gasteiger partial charge in [0.1, 0.15) is 5.92 Å². The Morgan fingerprint density at radius 3 is 2.85 bits per heavy atom. The van der Waals surface area contributed by atoms with Crippen LogP contribution in [0.5, 0.6) is 0 Å². The molecule has 0 bridgehead atoms. The number of hydrogen-bond donors (Lipinski definition) is 5. The van der Waals surface area contributed by atoms with Gasteiger partial charge in [0.2, 0.25) is 12.1 Å². The van der Waals surface area contributed by atoms with Gasteiger partial charge in [-0.2, -0.15) is 10.0 Å². The van der Waals surface area contributed by atoms with Gasteiger partial charge in [0, 0.05) is 19.1 Å². The average Bonchev–Trinajstić information content (AvgIpc) is 3.28. The van der Waals surface area contributed by atoms with Gasteiger partial charge in [-0.1, -0.05) is 38.3 Å². The van der Waals surface area contributed by atoms with Gasteiger partial charge in [-0.15, -0.1) is 0 Å². The first-order valence-corrected chi connectivity index (χ1v) is 12.9. The standard InChI is InChI=1S/C23H44ClN7O2/c1-5-6-8-15(2)20-16(24)14-30-23(31(20)30)19(21(25)26)22(32)28-17-13-27-10-9-18(17)33-12-7-11-29(3)4/h14-15,17-21,23,27H,5-13,25-26H2,1-4H3,(H,28,32)/p+1. The molecule has 0 aromatic rings. The molecule has 0 radical (unpaired) electrons. The number of hydrogen-bond acceptors (Lipinski definition) is 7. The highest BCUT2D eigenvalue weighted by atomic mass is 35.5. The molecule has 2 saturated heterocycles. The fourth-order valence-electron chi connectivity index (χ4n) is 5.31. The number of fused-ring (bicyclic) bond motifs is 1. The first kappa shape index (κ1) is 26.7. The van der Waals surface area contributed by atoms with Crippen LogP contribution in [0.1, 0.15) is 46.0 Å². The zero-order valence-electron chi connectivity index (χ0n) is 20.7. The fraction of sp³-hybridized carbons (Fsp3) is 0.870. The Morgan fingerprint density at radius 1 is 1.42 bits per heavy atom. The normalized spacial score (nSPS) is 30.9. The number of amides is 1. The number of nitrogens with one attached hydrogen (secondary N) is 3. The van der Waals surface area contributed by atoms with Crippen LogP contribution in [0.15, 0.2) is 11.2 Å². The summed E-state index contributed by atoms with van der Waals surface area (Å²) in [6.45, 7) is 7.68. The molecule has 0 aromatic heterocycles. The van der Waals surface area contributed by atoms with E-state index in [4.69, 9.17) is 27.8 Å². The van der Waals surface area contributed by atoms with E-state index in [1.54, 1.807) is 0 Å². The zero-order valence-corrected chi connectivity index (χ0v) is 21.5. The molecule has 3 heterocycles. The molecule has 3 rings (SSSR count). The van der Waals surface area contributed by atoms with Crippen LogP contribution in [0.4, 0.5) is 0 Å². The second-order valence-electron chi connectivity index (χ2n) is 10.2. The average molecular weight is 487 g/mol. The highest BCUT2D eigenvalue weighted by molar-refractivity contribution is 6.30. The van der Waals surface area contributed by atoms with Crippen LogP contribution in [-0.2, 0) is 9.53 Å². The lowest BCUT2D eigenvalue weighted by atomic mass is 9.94. The van der Waals surface area contributed by atoms with Gasteiger partial charge in [-0.3, -0.25) is 4.79 Å². The molecule has 3 aliphatic rings. The molecule has 0 aromatic carbocycles. The molecule has 0 aliphatic carbocycles. The molecule has 10 heteroatoms. The van der Waals surface area contributed by atoms with Crippen molar-refractivity contribution in [2.75, 3.05) is 40.3 Å².